The zero-order chi connectivity index (χ0) is 14.9. The van der Waals surface area contributed by atoms with Crippen LogP contribution in [0.4, 0.5) is 0 Å². The van der Waals surface area contributed by atoms with Crippen molar-refractivity contribution >= 4 is 11.0 Å². The van der Waals surface area contributed by atoms with Crippen LogP contribution in [-0.4, -0.2) is 23.1 Å². The predicted octanol–water partition coefficient (Wildman–Crippen LogP) is 2.56. The highest BCUT2D eigenvalue weighted by Gasteiger charge is 2.46. The Bertz CT molecular complexity index is 523. The molecule has 3 rings (SSSR count). The minimum Gasteiger partial charge on any atom is -0.317 e. The van der Waals surface area contributed by atoms with E-state index < -0.39 is 11.0 Å². The Labute approximate surface area is 130 Å². The molecule has 1 aromatic carbocycles. The largest absolute Gasteiger partial charge is 0.317 e. The van der Waals surface area contributed by atoms with Gasteiger partial charge in [-0.25, -0.2) is 8.93 Å². The lowest BCUT2D eigenvalue weighted by atomic mass is 9.73. The number of benzene rings is 1. The third-order valence-electron chi connectivity index (χ3n) is 4.85. The fourth-order valence-electron chi connectivity index (χ4n) is 3.85. The Balaban J connectivity index is 1.86. The fraction of sp³-hybridized carbons (Fsp3) is 0.647. The Morgan fingerprint density at radius 3 is 2.76 bits per heavy atom. The summed E-state index contributed by atoms with van der Waals surface area (Å²) in [5, 5.41) is 3.47. The summed E-state index contributed by atoms with van der Waals surface area (Å²) in [6, 6.07) is 8.94. The molecule has 2 N–H and O–H groups in total. The number of fused-ring (bicyclic) bond motifs is 1. The summed E-state index contributed by atoms with van der Waals surface area (Å²) in [6.45, 7) is 6.40. The van der Waals surface area contributed by atoms with Crippen molar-refractivity contribution in [2.45, 2.75) is 39.2 Å². The molecule has 0 aromatic heterocycles. The number of nitrogens with one attached hydrogen (secondary N) is 2. The van der Waals surface area contributed by atoms with E-state index in [0.29, 0.717) is 5.92 Å². The van der Waals surface area contributed by atoms with Crippen molar-refractivity contribution in [3.05, 3.63) is 35.4 Å². The number of hydrogen-bond acceptors (Lipinski definition) is 2. The second-order valence-electron chi connectivity index (χ2n) is 6.94. The molecule has 2 atom stereocenters. The van der Waals surface area contributed by atoms with Gasteiger partial charge in [-0.15, -0.1) is 0 Å². The summed E-state index contributed by atoms with van der Waals surface area (Å²) in [4.78, 5) is 0. The molecule has 1 unspecified atom stereocenters. The van der Waals surface area contributed by atoms with E-state index in [1.54, 1.807) is 0 Å². The summed E-state index contributed by atoms with van der Waals surface area (Å²) in [7, 11) is -0.945. The van der Waals surface area contributed by atoms with Crippen LogP contribution in [0, 0.1) is 11.3 Å². The first kappa shape index (κ1) is 15.2. The van der Waals surface area contributed by atoms with Gasteiger partial charge in [-0.3, -0.25) is 0 Å². The van der Waals surface area contributed by atoms with Crippen LogP contribution in [-0.2, 0) is 17.4 Å². The average molecular weight is 306 g/mol. The van der Waals surface area contributed by atoms with Gasteiger partial charge in [0, 0.05) is 5.75 Å². The standard InChI is InChI=1S/C17H26N2OS/c1-13(2)12-21(20)19-16-15-6-4-3-5-14(15)11-17(16)7-9-18-10-8-17/h3-6,13,16,18-19H,7-12H2,1-2H3/t16-,21?/m1/s1. The Kier molecular flexibility index (Phi) is 4.48. The lowest BCUT2D eigenvalue weighted by Crippen LogP contribution is -2.44. The third-order valence-corrected chi connectivity index (χ3v) is 6.32. The number of piperidine rings is 1. The summed E-state index contributed by atoms with van der Waals surface area (Å²) in [5.41, 5.74) is 3.07. The highest BCUT2D eigenvalue weighted by Crippen LogP contribution is 2.51. The van der Waals surface area contributed by atoms with Crippen LogP contribution in [0.15, 0.2) is 24.3 Å². The molecule has 0 amide bonds. The Morgan fingerprint density at radius 2 is 2.05 bits per heavy atom. The lowest BCUT2D eigenvalue weighted by molar-refractivity contribution is 0.165. The molecule has 4 heteroatoms. The maximum Gasteiger partial charge on any atom is 0.0923 e. The van der Waals surface area contributed by atoms with Gasteiger partial charge in [0.1, 0.15) is 0 Å². The Hall–Kier alpha value is -0.710. The summed E-state index contributed by atoms with van der Waals surface area (Å²) < 4.78 is 15.9. The number of hydrogen-bond donors (Lipinski definition) is 2. The minimum absolute atomic E-state index is 0.246. The van der Waals surface area contributed by atoms with Gasteiger partial charge in [0.25, 0.3) is 0 Å². The van der Waals surface area contributed by atoms with E-state index in [2.05, 4.69) is 48.2 Å². The minimum atomic E-state index is -0.945. The molecule has 116 valence electrons. The fourth-order valence-corrected chi connectivity index (χ4v) is 5.19. The second-order valence-corrected chi connectivity index (χ2v) is 8.20. The molecule has 21 heavy (non-hydrogen) atoms. The first-order chi connectivity index (χ1) is 10.1. The molecule has 0 radical (unpaired) electrons. The topological polar surface area (TPSA) is 41.1 Å². The molecule has 1 aliphatic carbocycles. The van der Waals surface area contributed by atoms with Crippen LogP contribution in [0.2, 0.25) is 0 Å². The normalized spacial score (nSPS) is 25.2. The number of rotatable bonds is 4. The van der Waals surface area contributed by atoms with Gasteiger partial charge in [0.05, 0.1) is 17.0 Å². The highest BCUT2D eigenvalue weighted by atomic mass is 32.2. The van der Waals surface area contributed by atoms with Crippen LogP contribution < -0.4 is 10.0 Å². The zero-order valence-electron chi connectivity index (χ0n) is 13.0. The lowest BCUT2D eigenvalue weighted by Gasteiger charge is -2.39. The maximum absolute atomic E-state index is 12.4. The molecular weight excluding hydrogens is 280 g/mol. The Morgan fingerprint density at radius 1 is 1.33 bits per heavy atom. The van der Waals surface area contributed by atoms with Gasteiger partial charge in [-0.2, -0.15) is 0 Å². The van der Waals surface area contributed by atoms with Gasteiger partial charge in [0.15, 0.2) is 0 Å². The SMILES string of the molecule is CC(C)CS(=O)N[C@@H]1c2ccccc2CC12CCNCC2. The molecule has 3 nitrogen and oxygen atoms in total. The molecule has 1 spiro atoms. The van der Waals surface area contributed by atoms with Gasteiger partial charge in [-0.1, -0.05) is 38.1 Å². The van der Waals surface area contributed by atoms with Crippen LogP contribution in [0.5, 0.6) is 0 Å². The van der Waals surface area contributed by atoms with E-state index in [-0.39, 0.29) is 11.5 Å². The van der Waals surface area contributed by atoms with Crippen molar-refractivity contribution in [1.29, 1.82) is 0 Å². The summed E-state index contributed by atoms with van der Waals surface area (Å²) >= 11 is 0. The third kappa shape index (κ3) is 3.08. The van der Waals surface area contributed by atoms with Crippen LogP contribution in [0.1, 0.15) is 43.9 Å². The molecule has 0 bridgehead atoms. The maximum atomic E-state index is 12.4. The molecule has 1 fully saturated rings. The van der Waals surface area contributed by atoms with Crippen molar-refractivity contribution in [3.63, 3.8) is 0 Å². The summed E-state index contributed by atoms with van der Waals surface area (Å²) in [6.07, 6.45) is 3.46. The van der Waals surface area contributed by atoms with Gasteiger partial charge in [0.2, 0.25) is 0 Å². The molecule has 0 saturated carbocycles. The molecule has 1 aromatic rings. The first-order valence-electron chi connectivity index (χ1n) is 8.04. The van der Waals surface area contributed by atoms with E-state index in [1.165, 1.54) is 11.1 Å². The molecular formula is C17H26N2OS. The quantitative estimate of drug-likeness (QED) is 0.897. The van der Waals surface area contributed by atoms with Gasteiger partial charge >= 0.3 is 0 Å². The molecule has 1 heterocycles. The van der Waals surface area contributed by atoms with Crippen molar-refractivity contribution in [2.75, 3.05) is 18.8 Å². The monoisotopic (exact) mass is 306 g/mol. The second kappa shape index (κ2) is 6.19. The van der Waals surface area contributed by atoms with Crippen LogP contribution in [0.3, 0.4) is 0 Å². The van der Waals surface area contributed by atoms with Crippen molar-refractivity contribution in [1.82, 2.24) is 10.0 Å². The predicted molar refractivity (Wildman–Crippen MR) is 88.4 cm³/mol. The average Bonchev–Trinajstić information content (AvgIpc) is 2.73. The van der Waals surface area contributed by atoms with Crippen molar-refractivity contribution in [3.8, 4) is 0 Å². The molecule has 2 aliphatic rings. The van der Waals surface area contributed by atoms with E-state index in [1.807, 2.05) is 0 Å². The van der Waals surface area contributed by atoms with E-state index >= 15 is 0 Å². The van der Waals surface area contributed by atoms with Crippen molar-refractivity contribution in [2.24, 2.45) is 11.3 Å². The van der Waals surface area contributed by atoms with E-state index in [0.717, 1.165) is 38.1 Å². The summed E-state index contributed by atoms with van der Waals surface area (Å²) in [5.74, 6) is 1.19. The zero-order valence-corrected chi connectivity index (χ0v) is 13.8. The highest BCUT2D eigenvalue weighted by molar-refractivity contribution is 7.83. The van der Waals surface area contributed by atoms with Gasteiger partial charge in [-0.05, 0) is 54.8 Å². The first-order valence-corrected chi connectivity index (χ1v) is 9.36. The van der Waals surface area contributed by atoms with E-state index in [9.17, 15) is 4.21 Å². The van der Waals surface area contributed by atoms with Gasteiger partial charge < -0.3 is 5.32 Å². The van der Waals surface area contributed by atoms with Crippen LogP contribution >= 0.6 is 0 Å². The van der Waals surface area contributed by atoms with Crippen molar-refractivity contribution < 1.29 is 4.21 Å². The van der Waals surface area contributed by atoms with E-state index in [4.69, 9.17) is 0 Å². The molecule has 1 aliphatic heterocycles. The molecule has 1 saturated heterocycles. The van der Waals surface area contributed by atoms with Crippen LogP contribution in [0.25, 0.3) is 0 Å². The smallest absolute Gasteiger partial charge is 0.0923 e.